The highest BCUT2D eigenvalue weighted by molar-refractivity contribution is 7.87. The number of carboxylic acid groups (broad SMARTS) is 1. The van der Waals surface area contributed by atoms with Gasteiger partial charge in [0.25, 0.3) is 0 Å². The lowest BCUT2D eigenvalue weighted by molar-refractivity contribution is -0.135. The third-order valence-electron chi connectivity index (χ3n) is 2.64. The fourth-order valence-corrected chi connectivity index (χ4v) is 2.03. The van der Waals surface area contributed by atoms with Gasteiger partial charge in [0, 0.05) is 11.3 Å². The van der Waals surface area contributed by atoms with Gasteiger partial charge < -0.3 is 19.3 Å². The third kappa shape index (κ3) is 3.77. The lowest BCUT2D eigenvalue weighted by Crippen LogP contribution is -2.24. The van der Waals surface area contributed by atoms with Crippen molar-refractivity contribution < 1.29 is 24.1 Å². The maximum atomic E-state index is 10.8. The topological polar surface area (TPSA) is 65.0 Å². The Balaban J connectivity index is 3.08. The van der Waals surface area contributed by atoms with Gasteiger partial charge in [-0.1, -0.05) is 12.2 Å². The maximum absolute atomic E-state index is 10.8. The van der Waals surface area contributed by atoms with E-state index in [0.717, 1.165) is 5.56 Å². The molecule has 7 heteroatoms. The minimum absolute atomic E-state index is 0.284. The Morgan fingerprint density at radius 2 is 1.75 bits per heavy atom. The van der Waals surface area contributed by atoms with Crippen LogP contribution in [0.25, 0.3) is 0 Å². The fourth-order valence-electron chi connectivity index (χ4n) is 1.67. The first-order chi connectivity index (χ1) is 9.44. The number of thiocarbonyl (C=S) groups is 1. The van der Waals surface area contributed by atoms with Gasteiger partial charge in [0.05, 0.1) is 21.3 Å². The number of benzene rings is 1. The van der Waals surface area contributed by atoms with Gasteiger partial charge in [0.1, 0.15) is 5.25 Å². The van der Waals surface area contributed by atoms with Crippen molar-refractivity contribution >= 4 is 35.7 Å². The molecule has 0 amide bonds. The van der Waals surface area contributed by atoms with Gasteiger partial charge >= 0.3 is 5.97 Å². The summed E-state index contributed by atoms with van der Waals surface area (Å²) < 4.78 is 15.7. The lowest BCUT2D eigenvalue weighted by Gasteiger charge is -2.15. The molecule has 20 heavy (non-hydrogen) atoms. The SMILES string of the molecule is COc1cc(CC(=S)C(S)C(=O)O)cc(OC)c1OC. The standard InChI is InChI=1S/C13H16O5S2/c1-16-8-4-7(5-9(17-2)11(8)18-3)6-10(19)12(20)13(14)15/h4-5,12,20H,6H2,1-3H3,(H,14,15). The predicted octanol–water partition coefficient (Wildman–Crippen LogP) is 2.01. The molecule has 0 aliphatic heterocycles. The molecule has 0 saturated heterocycles. The second-order valence-corrected chi connectivity index (χ2v) is 4.96. The van der Waals surface area contributed by atoms with E-state index < -0.39 is 11.2 Å². The molecule has 1 rings (SSSR count). The van der Waals surface area contributed by atoms with E-state index in [9.17, 15) is 4.79 Å². The van der Waals surface area contributed by atoms with Crippen molar-refractivity contribution in [1.29, 1.82) is 0 Å². The quantitative estimate of drug-likeness (QED) is 0.592. The van der Waals surface area contributed by atoms with Crippen LogP contribution in [0.2, 0.25) is 0 Å². The van der Waals surface area contributed by atoms with Gasteiger partial charge in [-0.25, -0.2) is 0 Å². The number of ether oxygens (including phenoxy) is 3. The molecule has 0 fully saturated rings. The van der Waals surface area contributed by atoms with Gasteiger partial charge in [-0.3, -0.25) is 4.79 Å². The van der Waals surface area contributed by atoms with Crippen LogP contribution in [-0.2, 0) is 11.2 Å². The Bertz CT molecular complexity index is 490. The van der Waals surface area contributed by atoms with Gasteiger partial charge in [0.15, 0.2) is 11.5 Å². The summed E-state index contributed by atoms with van der Waals surface area (Å²) in [6.07, 6.45) is 0.284. The zero-order valence-electron chi connectivity index (χ0n) is 11.4. The van der Waals surface area contributed by atoms with Crippen LogP contribution in [0, 0.1) is 0 Å². The van der Waals surface area contributed by atoms with Crippen molar-refractivity contribution in [2.24, 2.45) is 0 Å². The zero-order chi connectivity index (χ0) is 15.3. The molecule has 0 aliphatic rings. The van der Waals surface area contributed by atoms with Crippen molar-refractivity contribution in [2.75, 3.05) is 21.3 Å². The van der Waals surface area contributed by atoms with Gasteiger partial charge in [-0.15, -0.1) is 0 Å². The first-order valence-corrected chi connectivity index (χ1v) is 6.59. The molecule has 1 atom stereocenters. The first kappa shape index (κ1) is 16.6. The summed E-state index contributed by atoms with van der Waals surface area (Å²) in [5, 5.41) is 7.90. The molecule has 0 bridgehead atoms. The van der Waals surface area contributed by atoms with Crippen LogP contribution in [0.15, 0.2) is 12.1 Å². The molecule has 110 valence electrons. The molecule has 1 N–H and O–H groups in total. The van der Waals surface area contributed by atoms with E-state index in [4.69, 9.17) is 31.5 Å². The van der Waals surface area contributed by atoms with Crippen LogP contribution in [0.3, 0.4) is 0 Å². The summed E-state index contributed by atoms with van der Waals surface area (Å²) in [5.74, 6) is 0.405. The Kier molecular flexibility index (Phi) is 6.09. The Labute approximate surface area is 128 Å². The van der Waals surface area contributed by atoms with E-state index in [-0.39, 0.29) is 6.42 Å². The summed E-state index contributed by atoms with van der Waals surface area (Å²) in [6, 6.07) is 3.46. The normalized spacial score (nSPS) is 11.6. The van der Waals surface area contributed by atoms with E-state index in [0.29, 0.717) is 22.1 Å². The molecule has 5 nitrogen and oxygen atoms in total. The monoisotopic (exact) mass is 316 g/mol. The second-order valence-electron chi connectivity index (χ2n) is 3.92. The van der Waals surface area contributed by atoms with Crippen molar-refractivity contribution in [3.05, 3.63) is 17.7 Å². The summed E-state index contributed by atoms with van der Waals surface area (Å²) in [4.78, 5) is 11.2. The number of methoxy groups -OCH3 is 3. The average molecular weight is 316 g/mol. The third-order valence-corrected chi connectivity index (χ3v) is 3.73. The number of carbonyl (C=O) groups is 1. The summed E-state index contributed by atoms with van der Waals surface area (Å²) in [7, 11) is 4.54. The molecule has 0 spiro atoms. The number of hydrogen-bond acceptors (Lipinski definition) is 6. The number of hydrogen-bond donors (Lipinski definition) is 2. The molecule has 0 aliphatic carbocycles. The van der Waals surface area contributed by atoms with Gasteiger partial charge in [-0.05, 0) is 17.7 Å². The van der Waals surface area contributed by atoms with Gasteiger partial charge in [-0.2, -0.15) is 12.6 Å². The summed E-state index contributed by atoms with van der Waals surface area (Å²) in [5.41, 5.74) is 0.768. The maximum Gasteiger partial charge on any atom is 0.321 e. The van der Waals surface area contributed by atoms with Crippen molar-refractivity contribution in [2.45, 2.75) is 11.7 Å². The zero-order valence-corrected chi connectivity index (χ0v) is 13.1. The van der Waals surface area contributed by atoms with Crippen LogP contribution in [0.4, 0.5) is 0 Å². The van der Waals surface area contributed by atoms with E-state index in [1.807, 2.05) is 0 Å². The number of carboxylic acids is 1. The Morgan fingerprint density at radius 1 is 1.25 bits per heavy atom. The second kappa shape index (κ2) is 7.35. The number of thiol groups is 1. The molecule has 0 saturated carbocycles. The molecule has 1 aromatic rings. The summed E-state index contributed by atoms with van der Waals surface area (Å²) >= 11 is 9.04. The van der Waals surface area contributed by atoms with Crippen molar-refractivity contribution in [3.63, 3.8) is 0 Å². The van der Waals surface area contributed by atoms with Crippen LogP contribution in [0.1, 0.15) is 5.56 Å². The molecule has 0 aromatic heterocycles. The highest BCUT2D eigenvalue weighted by Gasteiger charge is 2.20. The molecule has 1 unspecified atom stereocenters. The van der Waals surface area contributed by atoms with Crippen LogP contribution >= 0.6 is 24.8 Å². The van der Waals surface area contributed by atoms with Crippen LogP contribution in [0.5, 0.6) is 17.2 Å². The molecule has 0 heterocycles. The van der Waals surface area contributed by atoms with E-state index in [2.05, 4.69) is 12.6 Å². The average Bonchev–Trinajstić information content (AvgIpc) is 2.44. The van der Waals surface area contributed by atoms with Crippen molar-refractivity contribution in [3.8, 4) is 17.2 Å². The number of rotatable bonds is 7. The minimum Gasteiger partial charge on any atom is -0.493 e. The predicted molar refractivity (Wildman–Crippen MR) is 82.8 cm³/mol. The minimum atomic E-state index is -1.06. The first-order valence-electron chi connectivity index (χ1n) is 5.67. The Morgan fingerprint density at radius 3 is 2.10 bits per heavy atom. The number of aliphatic carboxylic acids is 1. The van der Waals surface area contributed by atoms with Crippen LogP contribution < -0.4 is 14.2 Å². The van der Waals surface area contributed by atoms with Gasteiger partial charge in [0.2, 0.25) is 5.75 Å². The van der Waals surface area contributed by atoms with E-state index >= 15 is 0 Å². The Hall–Kier alpha value is -1.47. The highest BCUT2D eigenvalue weighted by Crippen LogP contribution is 2.38. The largest absolute Gasteiger partial charge is 0.493 e. The molecular formula is C13H16O5S2. The van der Waals surface area contributed by atoms with E-state index in [1.165, 1.54) is 21.3 Å². The van der Waals surface area contributed by atoms with E-state index in [1.54, 1.807) is 12.1 Å². The molecule has 1 aromatic carbocycles. The van der Waals surface area contributed by atoms with Crippen molar-refractivity contribution in [1.82, 2.24) is 0 Å². The highest BCUT2D eigenvalue weighted by atomic mass is 32.1. The van der Waals surface area contributed by atoms with Crippen LogP contribution in [-0.4, -0.2) is 42.5 Å². The molecule has 0 radical (unpaired) electrons. The fraction of sp³-hybridized carbons (Fsp3) is 0.385. The molecular weight excluding hydrogens is 300 g/mol. The lowest BCUT2D eigenvalue weighted by atomic mass is 10.1. The smallest absolute Gasteiger partial charge is 0.321 e. The summed E-state index contributed by atoms with van der Waals surface area (Å²) in [6.45, 7) is 0.